The highest BCUT2D eigenvalue weighted by atomic mass is 35.5. The van der Waals surface area contributed by atoms with E-state index in [0.29, 0.717) is 33.2 Å². The second-order valence-corrected chi connectivity index (χ2v) is 8.40. The Kier molecular flexibility index (Phi) is 6.55. The Labute approximate surface area is 194 Å². The van der Waals surface area contributed by atoms with E-state index in [1.165, 1.54) is 0 Å². The molecule has 0 aliphatic rings. The van der Waals surface area contributed by atoms with Crippen LogP contribution in [0.2, 0.25) is 20.1 Å². The van der Waals surface area contributed by atoms with Crippen molar-refractivity contribution in [3.63, 3.8) is 0 Å². The Bertz CT molecular complexity index is 1210. The van der Waals surface area contributed by atoms with Gasteiger partial charge < -0.3 is 9.99 Å². The molecule has 4 rings (SSSR count). The molecule has 0 aliphatic carbocycles. The maximum atomic E-state index is 6.21. The van der Waals surface area contributed by atoms with Gasteiger partial charge in [0.05, 0.1) is 22.8 Å². The number of fused-ring (bicyclic) bond motifs is 1. The summed E-state index contributed by atoms with van der Waals surface area (Å²) in [4.78, 5) is 0. The van der Waals surface area contributed by atoms with E-state index in [1.54, 1.807) is 6.21 Å². The number of rotatable bonds is 6. The summed E-state index contributed by atoms with van der Waals surface area (Å²) in [6.45, 7) is 1.12. The van der Waals surface area contributed by atoms with Gasteiger partial charge in [-0.3, -0.25) is 0 Å². The molecular formula is C23H17Cl4N3. The van der Waals surface area contributed by atoms with E-state index >= 15 is 0 Å². The molecule has 1 heterocycles. The summed E-state index contributed by atoms with van der Waals surface area (Å²) < 4.78 is 2.17. The Hall–Kier alpha value is -2.17. The minimum Gasteiger partial charge on any atom is -0.342 e. The molecule has 30 heavy (non-hydrogen) atoms. The van der Waals surface area contributed by atoms with Crippen LogP contribution in [-0.4, -0.2) is 10.8 Å². The van der Waals surface area contributed by atoms with Gasteiger partial charge in [-0.25, -0.2) is 0 Å². The SMILES string of the molecule is Clc1ccc(Cn2cc(/C=N/NCc3c(Cl)cccc3Cl)c3ccccc32)cc1Cl. The van der Waals surface area contributed by atoms with Crippen LogP contribution in [0.25, 0.3) is 10.9 Å². The van der Waals surface area contributed by atoms with E-state index < -0.39 is 0 Å². The highest BCUT2D eigenvalue weighted by Gasteiger charge is 2.09. The molecule has 0 unspecified atom stereocenters. The zero-order valence-electron chi connectivity index (χ0n) is 15.7. The van der Waals surface area contributed by atoms with E-state index in [4.69, 9.17) is 46.4 Å². The molecule has 4 aromatic rings. The van der Waals surface area contributed by atoms with E-state index in [0.717, 1.165) is 27.6 Å². The van der Waals surface area contributed by atoms with Crippen molar-refractivity contribution in [2.45, 2.75) is 13.1 Å². The fourth-order valence-electron chi connectivity index (χ4n) is 3.28. The van der Waals surface area contributed by atoms with Crippen molar-refractivity contribution in [2.75, 3.05) is 0 Å². The molecule has 0 fully saturated rings. The second kappa shape index (κ2) is 9.32. The van der Waals surface area contributed by atoms with Gasteiger partial charge >= 0.3 is 0 Å². The first kappa shape index (κ1) is 21.1. The lowest BCUT2D eigenvalue weighted by Gasteiger charge is -2.06. The summed E-state index contributed by atoms with van der Waals surface area (Å²) in [5.41, 5.74) is 7.03. The van der Waals surface area contributed by atoms with Crippen molar-refractivity contribution in [1.29, 1.82) is 0 Å². The number of benzene rings is 3. The zero-order valence-corrected chi connectivity index (χ0v) is 18.8. The van der Waals surface area contributed by atoms with Crippen LogP contribution in [0.5, 0.6) is 0 Å². The number of nitrogens with zero attached hydrogens (tertiary/aromatic N) is 2. The van der Waals surface area contributed by atoms with Gasteiger partial charge in [-0.15, -0.1) is 0 Å². The van der Waals surface area contributed by atoms with Crippen LogP contribution < -0.4 is 5.43 Å². The highest BCUT2D eigenvalue weighted by molar-refractivity contribution is 6.42. The lowest BCUT2D eigenvalue weighted by molar-refractivity contribution is 0.748. The number of hydrogen-bond donors (Lipinski definition) is 1. The van der Waals surface area contributed by atoms with Crippen molar-refractivity contribution in [3.8, 4) is 0 Å². The zero-order chi connectivity index (χ0) is 21.1. The van der Waals surface area contributed by atoms with E-state index in [-0.39, 0.29) is 0 Å². The third-order valence-electron chi connectivity index (χ3n) is 4.77. The topological polar surface area (TPSA) is 29.3 Å². The molecule has 0 saturated carbocycles. The normalized spacial score (nSPS) is 11.5. The van der Waals surface area contributed by atoms with E-state index in [9.17, 15) is 0 Å². The predicted octanol–water partition coefficient (Wildman–Crippen LogP) is 7.43. The van der Waals surface area contributed by atoms with Crippen LogP contribution in [0.15, 0.2) is 72.0 Å². The third kappa shape index (κ3) is 4.60. The molecule has 0 aliphatic heterocycles. The van der Waals surface area contributed by atoms with Crippen LogP contribution in [0.4, 0.5) is 0 Å². The van der Waals surface area contributed by atoms with Crippen LogP contribution in [0, 0.1) is 0 Å². The van der Waals surface area contributed by atoms with Gasteiger partial charge in [0.2, 0.25) is 0 Å². The molecule has 0 spiro atoms. The van der Waals surface area contributed by atoms with Crippen LogP contribution in [0.3, 0.4) is 0 Å². The average molecular weight is 477 g/mol. The molecule has 3 aromatic carbocycles. The van der Waals surface area contributed by atoms with Gasteiger partial charge in [-0.2, -0.15) is 5.10 Å². The minimum atomic E-state index is 0.441. The molecule has 0 atom stereocenters. The third-order valence-corrected chi connectivity index (χ3v) is 6.22. The summed E-state index contributed by atoms with van der Waals surface area (Å²) in [5.74, 6) is 0. The van der Waals surface area contributed by atoms with E-state index in [1.807, 2.05) is 48.5 Å². The van der Waals surface area contributed by atoms with Gasteiger partial charge in [0, 0.05) is 44.8 Å². The molecule has 0 radical (unpaired) electrons. The summed E-state index contributed by atoms with van der Waals surface area (Å²) in [6, 6.07) is 19.3. The summed E-state index contributed by atoms with van der Waals surface area (Å²) in [7, 11) is 0. The lowest BCUT2D eigenvalue weighted by atomic mass is 10.2. The molecular weight excluding hydrogens is 460 g/mol. The van der Waals surface area contributed by atoms with Crippen LogP contribution >= 0.6 is 46.4 Å². The fourth-order valence-corrected chi connectivity index (χ4v) is 4.14. The predicted molar refractivity (Wildman–Crippen MR) is 128 cm³/mol. The number of hydrogen-bond acceptors (Lipinski definition) is 2. The van der Waals surface area contributed by atoms with Crippen molar-refractivity contribution in [2.24, 2.45) is 5.10 Å². The van der Waals surface area contributed by atoms with E-state index in [2.05, 4.69) is 33.4 Å². The summed E-state index contributed by atoms with van der Waals surface area (Å²) in [5, 5.41) is 7.81. The Balaban J connectivity index is 1.56. The van der Waals surface area contributed by atoms with Gasteiger partial charge in [-0.1, -0.05) is 76.7 Å². The average Bonchev–Trinajstić information content (AvgIpc) is 3.07. The number of hydrazone groups is 1. The number of aromatic nitrogens is 1. The van der Waals surface area contributed by atoms with Gasteiger partial charge in [-0.05, 0) is 35.9 Å². The van der Waals surface area contributed by atoms with Gasteiger partial charge in [0.15, 0.2) is 0 Å². The standard InChI is InChI=1S/C23H17Cl4N3/c24-19-5-3-6-20(25)18(19)12-29-28-11-16-14-30(23-7-2-1-4-17(16)23)13-15-8-9-21(26)22(27)10-15/h1-11,14,29H,12-13H2/b28-11+. The maximum absolute atomic E-state index is 6.21. The largest absolute Gasteiger partial charge is 0.342 e. The first-order chi connectivity index (χ1) is 14.5. The lowest BCUT2D eigenvalue weighted by Crippen LogP contribution is -2.06. The fraction of sp³-hybridized carbons (Fsp3) is 0.0870. The Morgan fingerprint density at radius 3 is 2.37 bits per heavy atom. The summed E-state index contributed by atoms with van der Waals surface area (Å²) in [6.07, 6.45) is 3.87. The molecule has 1 N–H and O–H groups in total. The van der Waals surface area contributed by atoms with Crippen molar-refractivity contribution >= 4 is 63.5 Å². The smallest absolute Gasteiger partial charge is 0.0609 e. The molecule has 0 saturated heterocycles. The van der Waals surface area contributed by atoms with Crippen LogP contribution in [-0.2, 0) is 13.1 Å². The molecule has 0 amide bonds. The molecule has 152 valence electrons. The van der Waals surface area contributed by atoms with Crippen LogP contribution in [0.1, 0.15) is 16.7 Å². The quantitative estimate of drug-likeness (QED) is 0.227. The first-order valence-electron chi connectivity index (χ1n) is 9.23. The second-order valence-electron chi connectivity index (χ2n) is 6.77. The van der Waals surface area contributed by atoms with Crippen molar-refractivity contribution in [3.05, 3.63) is 104 Å². The van der Waals surface area contributed by atoms with Crippen molar-refractivity contribution in [1.82, 2.24) is 9.99 Å². The number of halogens is 4. The number of nitrogens with one attached hydrogen (secondary N) is 1. The first-order valence-corrected chi connectivity index (χ1v) is 10.7. The molecule has 3 nitrogen and oxygen atoms in total. The van der Waals surface area contributed by atoms with Gasteiger partial charge in [0.1, 0.15) is 0 Å². The number of para-hydroxylation sites is 1. The van der Waals surface area contributed by atoms with Gasteiger partial charge in [0.25, 0.3) is 0 Å². The Morgan fingerprint density at radius 1 is 0.833 bits per heavy atom. The maximum Gasteiger partial charge on any atom is 0.0609 e. The monoisotopic (exact) mass is 475 g/mol. The summed E-state index contributed by atoms with van der Waals surface area (Å²) >= 11 is 24.6. The minimum absolute atomic E-state index is 0.441. The Morgan fingerprint density at radius 2 is 1.60 bits per heavy atom. The molecule has 7 heteroatoms. The molecule has 1 aromatic heterocycles. The van der Waals surface area contributed by atoms with Crippen molar-refractivity contribution < 1.29 is 0 Å². The highest BCUT2D eigenvalue weighted by Crippen LogP contribution is 2.26. The molecule has 0 bridgehead atoms.